The van der Waals surface area contributed by atoms with Crippen molar-refractivity contribution in [2.24, 2.45) is 5.92 Å². The Morgan fingerprint density at radius 2 is 2.23 bits per heavy atom. The molecule has 3 N–H and O–H groups in total. The highest BCUT2D eigenvalue weighted by Gasteiger charge is 2.35. The molecule has 2 fully saturated rings. The van der Waals surface area contributed by atoms with E-state index in [0.29, 0.717) is 18.4 Å². The predicted molar refractivity (Wildman–Crippen MR) is 103 cm³/mol. The number of nitrogens with zero attached hydrogens (tertiary/aromatic N) is 2. The molecule has 0 aliphatic carbocycles. The highest BCUT2D eigenvalue weighted by atomic mass is 79.9. The molecule has 7 nitrogen and oxygen atoms in total. The molecular weight excluding hydrogens is 398 g/mol. The molecule has 1 aromatic heterocycles. The van der Waals surface area contributed by atoms with E-state index in [1.165, 1.54) is 0 Å². The molecule has 0 bridgehead atoms. The lowest BCUT2D eigenvalue weighted by Gasteiger charge is -2.33. The predicted octanol–water partition coefficient (Wildman–Crippen LogP) is 2.06. The number of anilines is 1. The molecule has 2 aliphatic heterocycles. The van der Waals surface area contributed by atoms with Gasteiger partial charge in [0, 0.05) is 29.8 Å². The van der Waals surface area contributed by atoms with Crippen molar-refractivity contribution in [3.63, 3.8) is 0 Å². The first kappa shape index (κ1) is 19.3. The Hall–Kier alpha value is -1.51. The van der Waals surface area contributed by atoms with Gasteiger partial charge >= 0.3 is 0 Å². The zero-order chi connectivity index (χ0) is 18.5. The van der Waals surface area contributed by atoms with E-state index in [1.54, 1.807) is 12.3 Å². The van der Waals surface area contributed by atoms with Gasteiger partial charge in [-0.05, 0) is 53.7 Å². The molecule has 0 aromatic carbocycles. The van der Waals surface area contributed by atoms with Crippen molar-refractivity contribution >= 4 is 33.6 Å². The molecule has 2 saturated heterocycles. The standard InChI is InChI=1S/C18H26BrN5O2/c1-2-4-14-9-15(23-22-14)18(26)24-8-3-5-12(11-24)17(25)21-16-7-6-13(19)10-20-16/h6-7,10,12,14-15,22-23H,2-5,8-9,11H2,1H3,(H,20,21,25). The number of hydrazine groups is 1. The minimum absolute atomic E-state index is 0.0707. The second-order valence-corrected chi connectivity index (χ2v) is 7.95. The quantitative estimate of drug-likeness (QED) is 0.674. The van der Waals surface area contributed by atoms with Crippen LogP contribution in [0.2, 0.25) is 0 Å². The van der Waals surface area contributed by atoms with E-state index in [9.17, 15) is 9.59 Å². The summed E-state index contributed by atoms with van der Waals surface area (Å²) in [6, 6.07) is 3.75. The van der Waals surface area contributed by atoms with Crippen LogP contribution in [0.25, 0.3) is 0 Å². The van der Waals surface area contributed by atoms with Gasteiger partial charge in [0.15, 0.2) is 0 Å². The van der Waals surface area contributed by atoms with E-state index in [2.05, 4.69) is 44.0 Å². The van der Waals surface area contributed by atoms with Crippen LogP contribution in [0.15, 0.2) is 22.8 Å². The van der Waals surface area contributed by atoms with E-state index in [1.807, 2.05) is 11.0 Å². The lowest BCUT2D eigenvalue weighted by Crippen LogP contribution is -2.50. The van der Waals surface area contributed by atoms with Gasteiger partial charge in [-0.25, -0.2) is 10.4 Å². The molecule has 1 aromatic rings. The van der Waals surface area contributed by atoms with Gasteiger partial charge in [-0.2, -0.15) is 0 Å². The zero-order valence-corrected chi connectivity index (χ0v) is 16.6. The molecule has 3 unspecified atom stereocenters. The number of piperidine rings is 1. The lowest BCUT2D eigenvalue weighted by atomic mass is 9.96. The number of pyridine rings is 1. The smallest absolute Gasteiger partial charge is 0.241 e. The molecule has 2 amide bonds. The van der Waals surface area contributed by atoms with Crippen molar-refractivity contribution in [1.82, 2.24) is 20.7 Å². The summed E-state index contributed by atoms with van der Waals surface area (Å²) < 4.78 is 0.865. The molecular formula is C18H26BrN5O2. The molecule has 3 heterocycles. The van der Waals surface area contributed by atoms with Crippen LogP contribution in [0.4, 0.5) is 5.82 Å². The number of amides is 2. The fraction of sp³-hybridized carbons (Fsp3) is 0.611. The number of aromatic nitrogens is 1. The fourth-order valence-electron chi connectivity index (χ4n) is 3.61. The zero-order valence-electron chi connectivity index (χ0n) is 15.0. The first-order valence-corrected chi connectivity index (χ1v) is 10.1. The van der Waals surface area contributed by atoms with E-state index in [-0.39, 0.29) is 23.8 Å². The number of hydrogen-bond donors (Lipinski definition) is 3. The Kier molecular flexibility index (Phi) is 6.61. The SMILES string of the molecule is CCCC1CC(C(=O)N2CCCC(C(=O)Nc3ccc(Br)cn3)C2)NN1. The van der Waals surface area contributed by atoms with E-state index < -0.39 is 0 Å². The third-order valence-electron chi connectivity index (χ3n) is 5.00. The Morgan fingerprint density at radius 3 is 2.96 bits per heavy atom. The summed E-state index contributed by atoms with van der Waals surface area (Å²) in [5, 5.41) is 2.85. The van der Waals surface area contributed by atoms with Gasteiger partial charge in [-0.3, -0.25) is 15.0 Å². The van der Waals surface area contributed by atoms with Crippen molar-refractivity contribution in [3.05, 3.63) is 22.8 Å². The van der Waals surface area contributed by atoms with Crippen LogP contribution < -0.4 is 16.2 Å². The van der Waals surface area contributed by atoms with Crippen LogP contribution in [-0.4, -0.2) is 46.9 Å². The molecule has 0 spiro atoms. The molecule has 8 heteroatoms. The topological polar surface area (TPSA) is 86.4 Å². The number of nitrogens with one attached hydrogen (secondary N) is 3. The average Bonchev–Trinajstić information content (AvgIpc) is 3.12. The van der Waals surface area contributed by atoms with E-state index >= 15 is 0 Å². The van der Waals surface area contributed by atoms with Crippen LogP contribution >= 0.6 is 15.9 Å². The van der Waals surface area contributed by atoms with Crippen molar-refractivity contribution in [3.8, 4) is 0 Å². The third kappa shape index (κ3) is 4.81. The maximum atomic E-state index is 12.8. The van der Waals surface area contributed by atoms with Gasteiger partial charge in [0.05, 0.1) is 5.92 Å². The lowest BCUT2D eigenvalue weighted by molar-refractivity contribution is -0.136. The highest BCUT2D eigenvalue weighted by Crippen LogP contribution is 2.21. The molecule has 3 atom stereocenters. The first-order chi connectivity index (χ1) is 12.6. The van der Waals surface area contributed by atoms with E-state index in [0.717, 1.165) is 43.1 Å². The summed E-state index contributed by atoms with van der Waals surface area (Å²) in [6.07, 6.45) is 6.25. The Bertz CT molecular complexity index is 639. The number of halogens is 1. The Labute approximate surface area is 162 Å². The maximum absolute atomic E-state index is 12.8. The summed E-state index contributed by atoms with van der Waals surface area (Å²) in [6.45, 7) is 3.33. The molecule has 0 saturated carbocycles. The second kappa shape index (κ2) is 8.92. The summed E-state index contributed by atoms with van der Waals surface area (Å²) >= 11 is 3.33. The van der Waals surface area contributed by atoms with Crippen molar-refractivity contribution in [1.29, 1.82) is 0 Å². The van der Waals surface area contributed by atoms with Gasteiger partial charge < -0.3 is 10.2 Å². The number of hydrogen-bond acceptors (Lipinski definition) is 5. The number of carbonyl (C=O) groups is 2. The van der Waals surface area contributed by atoms with E-state index in [4.69, 9.17) is 0 Å². The van der Waals surface area contributed by atoms with Crippen LogP contribution in [0.1, 0.15) is 39.0 Å². The number of carbonyl (C=O) groups excluding carboxylic acids is 2. The van der Waals surface area contributed by atoms with Crippen LogP contribution in [0, 0.1) is 5.92 Å². The van der Waals surface area contributed by atoms with Crippen molar-refractivity contribution in [2.45, 2.75) is 51.1 Å². The van der Waals surface area contributed by atoms with Gasteiger partial charge in [0.1, 0.15) is 11.9 Å². The van der Waals surface area contributed by atoms with Gasteiger partial charge in [-0.15, -0.1) is 0 Å². The minimum atomic E-state index is -0.195. The largest absolute Gasteiger partial charge is 0.341 e. The Morgan fingerprint density at radius 1 is 1.38 bits per heavy atom. The van der Waals surface area contributed by atoms with Crippen LogP contribution in [0.3, 0.4) is 0 Å². The summed E-state index contributed by atoms with van der Waals surface area (Å²) in [5.41, 5.74) is 6.33. The highest BCUT2D eigenvalue weighted by molar-refractivity contribution is 9.10. The van der Waals surface area contributed by atoms with Gasteiger partial charge in [-0.1, -0.05) is 13.3 Å². The van der Waals surface area contributed by atoms with Crippen LogP contribution in [-0.2, 0) is 9.59 Å². The third-order valence-corrected chi connectivity index (χ3v) is 5.47. The average molecular weight is 424 g/mol. The van der Waals surface area contributed by atoms with Crippen molar-refractivity contribution in [2.75, 3.05) is 18.4 Å². The first-order valence-electron chi connectivity index (χ1n) is 9.29. The number of likely N-dealkylation sites (tertiary alicyclic amines) is 1. The molecule has 142 valence electrons. The molecule has 0 radical (unpaired) electrons. The monoisotopic (exact) mass is 423 g/mol. The molecule has 2 aliphatic rings. The second-order valence-electron chi connectivity index (χ2n) is 7.04. The Balaban J connectivity index is 1.54. The van der Waals surface area contributed by atoms with Crippen molar-refractivity contribution < 1.29 is 9.59 Å². The summed E-state index contributed by atoms with van der Waals surface area (Å²) in [5.74, 6) is 0.360. The molecule has 3 rings (SSSR count). The minimum Gasteiger partial charge on any atom is -0.341 e. The van der Waals surface area contributed by atoms with Gasteiger partial charge in [0.25, 0.3) is 0 Å². The van der Waals surface area contributed by atoms with Gasteiger partial charge in [0.2, 0.25) is 11.8 Å². The number of rotatable bonds is 5. The fourth-order valence-corrected chi connectivity index (χ4v) is 3.85. The summed E-state index contributed by atoms with van der Waals surface area (Å²) in [4.78, 5) is 31.3. The summed E-state index contributed by atoms with van der Waals surface area (Å²) in [7, 11) is 0. The normalized spacial score (nSPS) is 25.9. The molecule has 26 heavy (non-hydrogen) atoms. The van der Waals surface area contributed by atoms with Crippen LogP contribution in [0.5, 0.6) is 0 Å². The maximum Gasteiger partial charge on any atom is 0.241 e.